The molecule has 1 aliphatic heterocycles. The topological polar surface area (TPSA) is 66.5 Å². The highest BCUT2D eigenvalue weighted by Crippen LogP contribution is 2.23. The van der Waals surface area contributed by atoms with Crippen molar-refractivity contribution in [1.82, 2.24) is 10.2 Å². The zero-order valence-electron chi connectivity index (χ0n) is 11.0. The maximum absolute atomic E-state index is 13.3. The molecule has 2 rings (SSSR count). The molecule has 1 saturated heterocycles. The van der Waals surface area contributed by atoms with Crippen molar-refractivity contribution in [3.8, 4) is 0 Å². The smallest absolute Gasteiger partial charge is 0.256 e. The molecule has 0 bridgehead atoms. The van der Waals surface area contributed by atoms with Crippen LogP contribution in [0.1, 0.15) is 23.7 Å². The van der Waals surface area contributed by atoms with Gasteiger partial charge in [-0.25, -0.2) is 8.78 Å². The minimum Gasteiger partial charge on any atom is -0.317 e. The standard InChI is InChI=1S/C13H11ClF2N2O3/c1-2-10-12(20)17-11(19)5-18(10)13(21)6-3-8(15)9(16)4-7(6)14/h3-4,10H,2,5H2,1H3,(H,17,19,20). The lowest BCUT2D eigenvalue weighted by atomic mass is 10.1. The number of piperazine rings is 1. The van der Waals surface area contributed by atoms with Crippen LogP contribution in [0.3, 0.4) is 0 Å². The Labute approximate surface area is 123 Å². The van der Waals surface area contributed by atoms with E-state index in [4.69, 9.17) is 11.6 Å². The molecule has 3 amide bonds. The number of hydrogen-bond donors (Lipinski definition) is 1. The Morgan fingerprint density at radius 1 is 1.38 bits per heavy atom. The van der Waals surface area contributed by atoms with Crippen LogP contribution >= 0.6 is 11.6 Å². The van der Waals surface area contributed by atoms with Crippen molar-refractivity contribution < 1.29 is 23.2 Å². The molecule has 0 spiro atoms. The second-order valence-corrected chi connectivity index (χ2v) is 4.92. The van der Waals surface area contributed by atoms with Crippen LogP contribution in [0.4, 0.5) is 8.78 Å². The van der Waals surface area contributed by atoms with E-state index in [1.807, 2.05) is 0 Å². The molecule has 1 fully saturated rings. The molecule has 21 heavy (non-hydrogen) atoms. The molecule has 5 nitrogen and oxygen atoms in total. The van der Waals surface area contributed by atoms with E-state index < -0.39 is 35.4 Å². The summed E-state index contributed by atoms with van der Waals surface area (Å²) in [5.74, 6) is -4.47. The first kappa shape index (κ1) is 15.4. The number of hydrogen-bond acceptors (Lipinski definition) is 3. The maximum atomic E-state index is 13.3. The first-order valence-corrected chi connectivity index (χ1v) is 6.52. The average molecular weight is 317 g/mol. The number of rotatable bonds is 2. The summed E-state index contributed by atoms with van der Waals surface area (Å²) in [5.41, 5.74) is -0.295. The largest absolute Gasteiger partial charge is 0.317 e. The molecule has 1 heterocycles. The molecular weight excluding hydrogens is 306 g/mol. The fraction of sp³-hybridized carbons (Fsp3) is 0.308. The fourth-order valence-electron chi connectivity index (χ4n) is 2.13. The van der Waals surface area contributed by atoms with Crippen molar-refractivity contribution in [2.75, 3.05) is 6.54 Å². The van der Waals surface area contributed by atoms with E-state index in [0.29, 0.717) is 12.1 Å². The summed E-state index contributed by atoms with van der Waals surface area (Å²) < 4.78 is 26.3. The molecule has 0 aromatic heterocycles. The molecular formula is C13H11ClF2N2O3. The van der Waals surface area contributed by atoms with Crippen molar-refractivity contribution in [1.29, 1.82) is 0 Å². The average Bonchev–Trinajstić information content (AvgIpc) is 2.41. The number of benzene rings is 1. The van der Waals surface area contributed by atoms with Crippen LogP contribution in [0.15, 0.2) is 12.1 Å². The van der Waals surface area contributed by atoms with Crippen LogP contribution in [0, 0.1) is 11.6 Å². The highest BCUT2D eigenvalue weighted by atomic mass is 35.5. The van der Waals surface area contributed by atoms with Crippen LogP contribution in [0.2, 0.25) is 5.02 Å². The third-order valence-corrected chi connectivity index (χ3v) is 3.46. The van der Waals surface area contributed by atoms with Crippen LogP contribution < -0.4 is 5.32 Å². The minimum atomic E-state index is -1.23. The van der Waals surface area contributed by atoms with Crippen LogP contribution in [-0.4, -0.2) is 35.2 Å². The lowest BCUT2D eigenvalue weighted by Gasteiger charge is -2.33. The van der Waals surface area contributed by atoms with Gasteiger partial charge in [-0.3, -0.25) is 19.7 Å². The van der Waals surface area contributed by atoms with E-state index in [-0.39, 0.29) is 23.6 Å². The highest BCUT2D eigenvalue weighted by Gasteiger charge is 2.36. The molecule has 112 valence electrons. The Hall–Kier alpha value is -2.02. The summed E-state index contributed by atoms with van der Waals surface area (Å²) >= 11 is 5.74. The lowest BCUT2D eigenvalue weighted by molar-refractivity contribution is -0.138. The van der Waals surface area contributed by atoms with Crippen molar-refractivity contribution in [3.05, 3.63) is 34.4 Å². The molecule has 0 aliphatic carbocycles. The van der Waals surface area contributed by atoms with Gasteiger partial charge in [-0.05, 0) is 18.6 Å². The van der Waals surface area contributed by atoms with Gasteiger partial charge in [0, 0.05) is 0 Å². The van der Waals surface area contributed by atoms with Gasteiger partial charge in [-0.15, -0.1) is 0 Å². The maximum Gasteiger partial charge on any atom is 0.256 e. The van der Waals surface area contributed by atoms with Gasteiger partial charge in [0.05, 0.1) is 10.6 Å². The van der Waals surface area contributed by atoms with Gasteiger partial charge in [0.25, 0.3) is 5.91 Å². The quantitative estimate of drug-likeness (QED) is 0.664. The highest BCUT2D eigenvalue weighted by molar-refractivity contribution is 6.34. The molecule has 1 aromatic carbocycles. The van der Waals surface area contributed by atoms with Gasteiger partial charge in [0.2, 0.25) is 11.8 Å². The molecule has 0 radical (unpaired) electrons. The lowest BCUT2D eigenvalue weighted by Crippen LogP contribution is -2.59. The van der Waals surface area contributed by atoms with Gasteiger partial charge in [-0.2, -0.15) is 0 Å². The van der Waals surface area contributed by atoms with E-state index in [0.717, 1.165) is 4.90 Å². The normalized spacial score (nSPS) is 18.7. The van der Waals surface area contributed by atoms with Gasteiger partial charge in [0.1, 0.15) is 12.6 Å². The third kappa shape index (κ3) is 2.87. The summed E-state index contributed by atoms with van der Waals surface area (Å²) in [5, 5.41) is 1.83. The van der Waals surface area contributed by atoms with Gasteiger partial charge in [0.15, 0.2) is 11.6 Å². The van der Waals surface area contributed by atoms with Gasteiger partial charge in [-0.1, -0.05) is 18.5 Å². The zero-order valence-corrected chi connectivity index (χ0v) is 11.7. The fourth-order valence-corrected chi connectivity index (χ4v) is 2.36. The van der Waals surface area contributed by atoms with E-state index in [1.165, 1.54) is 0 Å². The van der Waals surface area contributed by atoms with Gasteiger partial charge >= 0.3 is 0 Å². The second-order valence-electron chi connectivity index (χ2n) is 4.52. The second kappa shape index (κ2) is 5.77. The van der Waals surface area contributed by atoms with Crippen molar-refractivity contribution >= 4 is 29.3 Å². The molecule has 1 aliphatic rings. The summed E-state index contributed by atoms with van der Waals surface area (Å²) in [7, 11) is 0. The number of carbonyl (C=O) groups excluding carboxylic acids is 3. The molecule has 8 heteroatoms. The van der Waals surface area contributed by atoms with Crippen LogP contribution in [0.25, 0.3) is 0 Å². The Morgan fingerprint density at radius 3 is 2.62 bits per heavy atom. The van der Waals surface area contributed by atoms with E-state index >= 15 is 0 Å². The summed E-state index contributed by atoms with van der Waals surface area (Å²) in [6, 6.07) is 0.472. The van der Waals surface area contributed by atoms with Crippen molar-refractivity contribution in [2.24, 2.45) is 0 Å². The number of carbonyl (C=O) groups is 3. The van der Waals surface area contributed by atoms with Crippen molar-refractivity contribution in [2.45, 2.75) is 19.4 Å². The Morgan fingerprint density at radius 2 is 2.00 bits per heavy atom. The van der Waals surface area contributed by atoms with Crippen LogP contribution in [0.5, 0.6) is 0 Å². The van der Waals surface area contributed by atoms with Crippen molar-refractivity contribution in [3.63, 3.8) is 0 Å². The zero-order chi connectivity index (χ0) is 15.7. The van der Waals surface area contributed by atoms with E-state index in [9.17, 15) is 23.2 Å². The number of nitrogens with one attached hydrogen (secondary N) is 1. The molecule has 1 N–H and O–H groups in total. The van der Waals surface area contributed by atoms with E-state index in [1.54, 1.807) is 6.92 Å². The van der Waals surface area contributed by atoms with E-state index in [2.05, 4.69) is 5.32 Å². The predicted octanol–water partition coefficient (Wildman–Crippen LogP) is 1.50. The summed E-state index contributed by atoms with van der Waals surface area (Å²) in [4.78, 5) is 36.5. The number of amides is 3. The summed E-state index contributed by atoms with van der Waals surface area (Å²) in [6.45, 7) is 1.31. The first-order valence-electron chi connectivity index (χ1n) is 6.14. The minimum absolute atomic E-state index is 0.270. The monoisotopic (exact) mass is 316 g/mol. The Kier molecular flexibility index (Phi) is 4.22. The van der Waals surface area contributed by atoms with Crippen LogP contribution in [-0.2, 0) is 9.59 Å². The Balaban J connectivity index is 2.40. The molecule has 0 saturated carbocycles. The number of halogens is 3. The van der Waals surface area contributed by atoms with Gasteiger partial charge < -0.3 is 4.90 Å². The SMILES string of the molecule is CCC1C(=O)NC(=O)CN1C(=O)c1cc(F)c(F)cc1Cl. The Bertz CT molecular complexity index is 636. The molecule has 1 atom stereocenters. The summed E-state index contributed by atoms with van der Waals surface area (Å²) in [6.07, 6.45) is 0.270. The molecule has 1 aromatic rings. The predicted molar refractivity (Wildman–Crippen MR) is 69.6 cm³/mol. The number of imide groups is 1. The number of nitrogens with zero attached hydrogens (tertiary/aromatic N) is 1. The first-order chi connectivity index (χ1) is 9.85. The third-order valence-electron chi connectivity index (χ3n) is 3.14. The molecule has 1 unspecified atom stereocenters.